The summed E-state index contributed by atoms with van der Waals surface area (Å²) in [5.41, 5.74) is 1.91. The van der Waals surface area contributed by atoms with Crippen LogP contribution in [0.3, 0.4) is 0 Å². The second-order valence-electron chi connectivity index (χ2n) is 7.05. The predicted molar refractivity (Wildman–Crippen MR) is 111 cm³/mol. The van der Waals surface area contributed by atoms with Crippen LogP contribution < -0.4 is 4.43 Å². The lowest BCUT2D eigenvalue weighted by atomic mass is 10.1. The lowest BCUT2D eigenvalue weighted by Gasteiger charge is -2.42. The second-order valence-corrected chi connectivity index (χ2v) is 14.2. The third-order valence-corrected chi connectivity index (χ3v) is 12.3. The summed E-state index contributed by atoms with van der Waals surface area (Å²) in [5, 5.41) is 0.481. The Bertz CT molecular complexity index is 554. The van der Waals surface area contributed by atoms with Crippen LogP contribution in [-0.2, 0) is 0 Å². The van der Waals surface area contributed by atoms with E-state index < -0.39 is 13.1 Å². The average Bonchev–Trinajstić information content (AvgIpc) is 2.50. The van der Waals surface area contributed by atoms with Crippen molar-refractivity contribution in [2.24, 2.45) is 0 Å². The Morgan fingerprint density at radius 1 is 1.12 bits per heavy atom. The Kier molecular flexibility index (Phi) is 8.31. The highest BCUT2D eigenvalue weighted by molar-refractivity contribution is 9.10. The Morgan fingerprint density at radius 3 is 2.00 bits per heavy atom. The van der Waals surface area contributed by atoms with Crippen LogP contribution in [0, 0.1) is 0 Å². The van der Waals surface area contributed by atoms with Gasteiger partial charge in [0, 0.05) is 11.4 Å². The third kappa shape index (κ3) is 4.57. The monoisotopic (exact) mass is 452 g/mol. The van der Waals surface area contributed by atoms with E-state index in [0.29, 0.717) is 33.0 Å². The smallest absolute Gasteiger partial charge is 0.258 e. The Balaban J connectivity index is 3.21. The molecule has 0 fully saturated rings. The van der Waals surface area contributed by atoms with Gasteiger partial charge in [-0.25, -0.2) is 0 Å². The van der Waals surface area contributed by atoms with Crippen molar-refractivity contribution in [3.8, 4) is 5.75 Å². The van der Waals surface area contributed by atoms with Gasteiger partial charge in [-0.2, -0.15) is 0 Å². The van der Waals surface area contributed by atoms with Crippen molar-refractivity contribution >= 4 is 53.2 Å². The molecule has 0 saturated heterocycles. The molecule has 0 aliphatic rings. The van der Waals surface area contributed by atoms with Crippen LogP contribution in [0.5, 0.6) is 5.75 Å². The summed E-state index contributed by atoms with van der Waals surface area (Å²) < 4.78 is 6.60. The highest BCUT2D eigenvalue weighted by atomic mass is 79.9. The highest BCUT2D eigenvalue weighted by Gasteiger charge is 2.47. The first kappa shape index (κ1) is 22.0. The van der Waals surface area contributed by atoms with Crippen LogP contribution >= 0.6 is 39.1 Å². The molecule has 1 atom stereocenters. The van der Waals surface area contributed by atoms with Crippen molar-refractivity contribution in [2.75, 3.05) is 5.88 Å². The maximum atomic E-state index is 12.2. The molecule has 0 saturated carbocycles. The molecule has 0 aromatic heterocycles. The summed E-state index contributed by atoms with van der Waals surface area (Å²) in [5.74, 6) is 0.824. The van der Waals surface area contributed by atoms with Crippen molar-refractivity contribution < 1.29 is 9.22 Å². The van der Waals surface area contributed by atoms with Gasteiger partial charge >= 0.3 is 0 Å². The van der Waals surface area contributed by atoms with E-state index in [2.05, 4.69) is 57.5 Å². The fraction of sp³-hybridized carbons (Fsp3) is 0.611. The zero-order chi connectivity index (χ0) is 18.7. The molecule has 1 unspecified atom stereocenters. The number of carbonyl (C=O) groups is 1. The van der Waals surface area contributed by atoms with Gasteiger partial charge in [-0.05, 0) is 34.8 Å². The number of benzene rings is 1. The number of halogens is 3. The van der Waals surface area contributed by atoms with Crippen LogP contribution in [0.1, 0.15) is 51.9 Å². The molecule has 0 spiro atoms. The molecule has 0 aliphatic carbocycles. The number of carbonyl (C=O) groups excluding carboxylic acids is 1. The molecule has 2 nitrogen and oxygen atoms in total. The van der Waals surface area contributed by atoms with E-state index in [-0.39, 0.29) is 11.7 Å². The normalized spacial score (nSPS) is 13.7. The fourth-order valence-corrected chi connectivity index (χ4v) is 9.49. The first-order valence-electron chi connectivity index (χ1n) is 8.30. The van der Waals surface area contributed by atoms with E-state index >= 15 is 0 Å². The Morgan fingerprint density at radius 2 is 1.62 bits per heavy atom. The Hall–Kier alpha value is -0.0331. The Labute approximate surface area is 165 Å². The van der Waals surface area contributed by atoms with Crippen molar-refractivity contribution in [3.05, 3.63) is 28.8 Å². The lowest BCUT2D eigenvalue weighted by Crippen LogP contribution is -2.50. The van der Waals surface area contributed by atoms with Crippen molar-refractivity contribution in [3.63, 3.8) is 0 Å². The minimum atomic E-state index is -2.07. The number of alkyl halides is 2. The number of hydrogen-bond acceptors (Lipinski definition) is 2. The summed E-state index contributed by atoms with van der Waals surface area (Å²) in [6, 6.07) is 5.27. The maximum Gasteiger partial charge on any atom is 0.258 e. The minimum absolute atomic E-state index is 0.0708. The summed E-state index contributed by atoms with van der Waals surface area (Å²) in [6.07, 6.45) is 0. The molecule has 1 aromatic carbocycles. The van der Waals surface area contributed by atoms with Crippen LogP contribution in [0.4, 0.5) is 0 Å². The molecular formula is C18H27BrCl2O2Si. The van der Waals surface area contributed by atoms with Gasteiger partial charge in [0.2, 0.25) is 0 Å². The summed E-state index contributed by atoms with van der Waals surface area (Å²) in [4.78, 5) is 11.8. The molecule has 1 aromatic rings. The predicted octanol–water partition coefficient (Wildman–Crippen LogP) is 7.08. The quantitative estimate of drug-likeness (QED) is 0.238. The minimum Gasteiger partial charge on any atom is -0.542 e. The van der Waals surface area contributed by atoms with E-state index in [1.54, 1.807) is 12.1 Å². The topological polar surface area (TPSA) is 26.3 Å². The molecule has 0 bridgehead atoms. The fourth-order valence-electron chi connectivity index (χ4n) is 3.53. The first-order valence-corrected chi connectivity index (χ1v) is 12.3. The lowest BCUT2D eigenvalue weighted by molar-refractivity contribution is 0.0997. The average molecular weight is 454 g/mol. The van der Waals surface area contributed by atoms with Crippen LogP contribution in [0.15, 0.2) is 18.2 Å². The molecule has 0 heterocycles. The van der Waals surface area contributed by atoms with Gasteiger partial charge in [0.15, 0.2) is 5.78 Å². The molecule has 0 amide bonds. The van der Waals surface area contributed by atoms with E-state index in [1.165, 1.54) is 0 Å². The van der Waals surface area contributed by atoms with Gasteiger partial charge in [0.1, 0.15) is 5.75 Å². The first-order chi connectivity index (χ1) is 11.1. The number of hydrogen-bond donors (Lipinski definition) is 0. The van der Waals surface area contributed by atoms with Gasteiger partial charge in [0.25, 0.3) is 8.32 Å². The van der Waals surface area contributed by atoms with Crippen molar-refractivity contribution in [2.45, 2.75) is 63.0 Å². The molecule has 0 radical (unpaired) electrons. The van der Waals surface area contributed by atoms with Crippen LogP contribution in [-0.4, -0.2) is 24.8 Å². The van der Waals surface area contributed by atoms with Crippen LogP contribution in [0.2, 0.25) is 21.6 Å². The zero-order valence-electron chi connectivity index (χ0n) is 15.2. The SMILES string of the molecule is CC(C)[Si](Oc1ccc(C(=O)C(Br)CCl)cc1Cl)(C(C)C)C(C)C. The summed E-state index contributed by atoms with van der Waals surface area (Å²) in [6.45, 7) is 13.4. The number of ketones is 1. The van der Waals surface area contributed by atoms with E-state index in [9.17, 15) is 4.79 Å². The van der Waals surface area contributed by atoms with Gasteiger partial charge < -0.3 is 4.43 Å². The molecule has 24 heavy (non-hydrogen) atoms. The van der Waals surface area contributed by atoms with Gasteiger partial charge in [-0.3, -0.25) is 4.79 Å². The van der Waals surface area contributed by atoms with Gasteiger partial charge in [-0.15, -0.1) is 11.6 Å². The molecule has 6 heteroatoms. The van der Waals surface area contributed by atoms with Crippen molar-refractivity contribution in [1.29, 1.82) is 0 Å². The van der Waals surface area contributed by atoms with Gasteiger partial charge in [-0.1, -0.05) is 69.1 Å². The van der Waals surface area contributed by atoms with Crippen molar-refractivity contribution in [1.82, 2.24) is 0 Å². The zero-order valence-corrected chi connectivity index (χ0v) is 19.3. The molecule has 0 aliphatic heterocycles. The molecule has 0 N–H and O–H groups in total. The van der Waals surface area contributed by atoms with E-state index in [1.807, 2.05) is 6.07 Å². The molecule has 1 rings (SSSR count). The molecule has 136 valence electrons. The highest BCUT2D eigenvalue weighted by Crippen LogP contribution is 2.44. The third-order valence-electron chi connectivity index (χ3n) is 4.63. The second kappa shape index (κ2) is 9.06. The standard InChI is InChI=1S/C18H27BrCl2O2Si/c1-11(2)24(12(3)4,13(5)6)23-17-8-7-14(9-16(17)21)18(22)15(19)10-20/h7-9,11-13,15H,10H2,1-6H3. The summed E-state index contributed by atoms with van der Waals surface area (Å²) in [7, 11) is -2.07. The van der Waals surface area contributed by atoms with Crippen LogP contribution in [0.25, 0.3) is 0 Å². The van der Waals surface area contributed by atoms with E-state index in [4.69, 9.17) is 27.6 Å². The van der Waals surface area contributed by atoms with Gasteiger partial charge in [0.05, 0.1) is 9.85 Å². The largest absolute Gasteiger partial charge is 0.542 e. The number of Topliss-reactive ketones (excluding diaryl/α,β-unsaturated/α-hetero) is 1. The van der Waals surface area contributed by atoms with E-state index in [0.717, 1.165) is 0 Å². The number of rotatable bonds is 8. The molecular weight excluding hydrogens is 427 g/mol. The maximum absolute atomic E-state index is 12.2. The summed E-state index contributed by atoms with van der Waals surface area (Å²) >= 11 is 15.5.